The lowest BCUT2D eigenvalue weighted by Gasteiger charge is -2.30. The second-order valence-corrected chi connectivity index (χ2v) is 6.07. The fourth-order valence-electron chi connectivity index (χ4n) is 2.91. The van der Waals surface area contributed by atoms with Crippen LogP contribution < -0.4 is 0 Å². The highest BCUT2D eigenvalue weighted by Gasteiger charge is 2.30. The molecule has 0 saturated carbocycles. The minimum atomic E-state index is -4.37. The molecule has 1 unspecified atom stereocenters. The highest BCUT2D eigenvalue weighted by Crippen LogP contribution is 2.29. The van der Waals surface area contributed by atoms with Crippen molar-refractivity contribution in [3.63, 3.8) is 0 Å². The average Bonchev–Trinajstić information content (AvgIpc) is 2.54. The number of benzene rings is 1. The molecule has 1 amide bonds. The Bertz CT molecular complexity index is 601. The third kappa shape index (κ3) is 4.97. The maximum absolute atomic E-state index is 12.7. The molecule has 0 radical (unpaired) electrons. The molecule has 1 fully saturated rings. The van der Waals surface area contributed by atoms with Gasteiger partial charge in [-0.15, -0.1) is 0 Å². The molecular formula is C17H20F3NO3. The number of carboxylic acid groups (broad SMARTS) is 1. The molecule has 1 aromatic rings. The molecule has 1 heterocycles. The van der Waals surface area contributed by atoms with E-state index in [2.05, 4.69) is 0 Å². The van der Waals surface area contributed by atoms with Gasteiger partial charge in [-0.1, -0.05) is 18.2 Å². The third-order valence-electron chi connectivity index (χ3n) is 4.23. The van der Waals surface area contributed by atoms with Crippen LogP contribution in [0.4, 0.5) is 13.2 Å². The van der Waals surface area contributed by atoms with Crippen LogP contribution in [0.2, 0.25) is 0 Å². The molecule has 0 aliphatic carbocycles. The van der Waals surface area contributed by atoms with Crippen LogP contribution in [0.15, 0.2) is 24.3 Å². The molecule has 0 aromatic heterocycles. The molecule has 1 aromatic carbocycles. The van der Waals surface area contributed by atoms with Crippen molar-refractivity contribution in [2.24, 2.45) is 5.92 Å². The Morgan fingerprint density at radius 3 is 2.71 bits per heavy atom. The number of carbonyl (C=O) groups is 2. The molecule has 24 heavy (non-hydrogen) atoms. The highest BCUT2D eigenvalue weighted by atomic mass is 19.4. The van der Waals surface area contributed by atoms with E-state index in [1.807, 2.05) is 0 Å². The van der Waals surface area contributed by atoms with Gasteiger partial charge in [0.05, 0.1) is 11.5 Å². The third-order valence-corrected chi connectivity index (χ3v) is 4.23. The van der Waals surface area contributed by atoms with Gasteiger partial charge in [0.2, 0.25) is 5.91 Å². The molecule has 1 atom stereocenters. The van der Waals surface area contributed by atoms with E-state index in [9.17, 15) is 22.8 Å². The van der Waals surface area contributed by atoms with Gasteiger partial charge in [-0.05, 0) is 37.3 Å². The zero-order valence-corrected chi connectivity index (χ0v) is 13.2. The predicted octanol–water partition coefficient (Wildman–Crippen LogP) is 3.35. The Hall–Kier alpha value is -2.05. The number of nitrogens with zero attached hydrogens (tertiary/aromatic N) is 1. The number of hydrogen-bond donors (Lipinski definition) is 1. The number of alkyl halides is 3. The normalized spacial score (nSPS) is 18.5. The first-order chi connectivity index (χ1) is 11.3. The molecule has 0 bridgehead atoms. The fourth-order valence-corrected chi connectivity index (χ4v) is 2.91. The first-order valence-electron chi connectivity index (χ1n) is 7.94. The highest BCUT2D eigenvalue weighted by molar-refractivity contribution is 5.78. The Morgan fingerprint density at radius 2 is 2.04 bits per heavy atom. The average molecular weight is 343 g/mol. The second-order valence-electron chi connectivity index (χ2n) is 6.07. The van der Waals surface area contributed by atoms with Gasteiger partial charge in [-0.3, -0.25) is 9.59 Å². The summed E-state index contributed by atoms with van der Waals surface area (Å²) < 4.78 is 38.0. The molecule has 1 saturated heterocycles. The number of hydrogen-bond acceptors (Lipinski definition) is 2. The van der Waals surface area contributed by atoms with Crippen LogP contribution in [0.5, 0.6) is 0 Å². The van der Waals surface area contributed by atoms with Crippen molar-refractivity contribution in [3.05, 3.63) is 35.4 Å². The number of amides is 1. The van der Waals surface area contributed by atoms with Gasteiger partial charge in [0.25, 0.3) is 0 Å². The number of aliphatic carboxylic acids is 1. The van der Waals surface area contributed by atoms with Gasteiger partial charge in [0.1, 0.15) is 0 Å². The van der Waals surface area contributed by atoms with E-state index in [-0.39, 0.29) is 18.9 Å². The lowest BCUT2D eigenvalue weighted by Crippen LogP contribution is -2.42. The van der Waals surface area contributed by atoms with Crippen LogP contribution in [-0.2, 0) is 22.2 Å². The number of carbonyl (C=O) groups excluding carboxylic acids is 1. The van der Waals surface area contributed by atoms with Gasteiger partial charge in [0, 0.05) is 19.5 Å². The van der Waals surface area contributed by atoms with Gasteiger partial charge in [-0.25, -0.2) is 0 Å². The first kappa shape index (κ1) is 18.3. The maximum Gasteiger partial charge on any atom is 0.416 e. The van der Waals surface area contributed by atoms with Crippen LogP contribution in [-0.4, -0.2) is 35.0 Å². The Kier molecular flexibility index (Phi) is 5.85. The fraction of sp³-hybridized carbons (Fsp3) is 0.529. The standard InChI is InChI=1S/C17H20F3NO3/c18-17(19,20)14-7-1-4-12(10-14)5-2-8-15(22)21-9-3-6-13(11-21)16(23)24/h1,4,7,10,13H,2-3,5-6,8-9,11H2,(H,23,24). The SMILES string of the molecule is O=C(O)C1CCCN(C(=O)CCCc2cccc(C(F)(F)F)c2)C1. The number of piperidine rings is 1. The minimum Gasteiger partial charge on any atom is -0.481 e. The largest absolute Gasteiger partial charge is 0.481 e. The van der Waals surface area contributed by atoms with E-state index in [0.717, 1.165) is 12.1 Å². The molecule has 0 spiro atoms. The zero-order valence-electron chi connectivity index (χ0n) is 13.2. The van der Waals surface area contributed by atoms with E-state index in [0.29, 0.717) is 37.8 Å². The topological polar surface area (TPSA) is 57.6 Å². The van der Waals surface area contributed by atoms with Crippen molar-refractivity contribution in [1.82, 2.24) is 4.90 Å². The summed E-state index contributed by atoms with van der Waals surface area (Å²) in [4.78, 5) is 24.7. The summed E-state index contributed by atoms with van der Waals surface area (Å²) >= 11 is 0. The summed E-state index contributed by atoms with van der Waals surface area (Å²) in [5.41, 5.74) is -0.147. The molecular weight excluding hydrogens is 323 g/mol. The molecule has 1 aliphatic heterocycles. The van der Waals surface area contributed by atoms with E-state index in [1.54, 1.807) is 11.0 Å². The summed E-state index contributed by atoms with van der Waals surface area (Å²) in [7, 11) is 0. The molecule has 7 heteroatoms. The van der Waals surface area contributed by atoms with Crippen LogP contribution >= 0.6 is 0 Å². The van der Waals surface area contributed by atoms with E-state index in [4.69, 9.17) is 5.11 Å². The molecule has 2 rings (SSSR count). The smallest absolute Gasteiger partial charge is 0.416 e. The van der Waals surface area contributed by atoms with Gasteiger partial charge in [0.15, 0.2) is 0 Å². The van der Waals surface area contributed by atoms with Crippen LogP contribution in [0.25, 0.3) is 0 Å². The summed E-state index contributed by atoms with van der Waals surface area (Å²) in [6.45, 7) is 0.768. The summed E-state index contributed by atoms with van der Waals surface area (Å²) in [5.74, 6) is -1.55. The Balaban J connectivity index is 1.83. The van der Waals surface area contributed by atoms with Crippen LogP contribution in [0.3, 0.4) is 0 Å². The van der Waals surface area contributed by atoms with Crippen molar-refractivity contribution in [2.45, 2.75) is 38.3 Å². The van der Waals surface area contributed by atoms with Gasteiger partial charge >= 0.3 is 12.1 Å². The zero-order chi connectivity index (χ0) is 17.7. The number of halogens is 3. The van der Waals surface area contributed by atoms with E-state index in [1.165, 1.54) is 6.07 Å². The quantitative estimate of drug-likeness (QED) is 0.892. The predicted molar refractivity (Wildman–Crippen MR) is 81.3 cm³/mol. The second kappa shape index (κ2) is 7.68. The van der Waals surface area contributed by atoms with Crippen molar-refractivity contribution in [3.8, 4) is 0 Å². The molecule has 4 nitrogen and oxygen atoms in total. The van der Waals surface area contributed by atoms with Crippen molar-refractivity contribution in [2.75, 3.05) is 13.1 Å². The molecule has 1 aliphatic rings. The van der Waals surface area contributed by atoms with Crippen molar-refractivity contribution >= 4 is 11.9 Å². The monoisotopic (exact) mass is 343 g/mol. The first-order valence-corrected chi connectivity index (χ1v) is 7.94. The lowest BCUT2D eigenvalue weighted by molar-refractivity contribution is -0.145. The number of carboxylic acids is 1. The number of aryl methyl sites for hydroxylation is 1. The van der Waals surface area contributed by atoms with E-state index < -0.39 is 23.6 Å². The van der Waals surface area contributed by atoms with Crippen LogP contribution in [0.1, 0.15) is 36.8 Å². The maximum atomic E-state index is 12.7. The Morgan fingerprint density at radius 1 is 1.29 bits per heavy atom. The molecule has 132 valence electrons. The summed E-state index contributed by atoms with van der Waals surface area (Å²) in [5, 5.41) is 9.02. The van der Waals surface area contributed by atoms with Crippen LogP contribution in [0, 0.1) is 5.92 Å². The van der Waals surface area contributed by atoms with Gasteiger partial charge < -0.3 is 10.0 Å². The minimum absolute atomic E-state index is 0.132. The molecule has 1 N–H and O–H groups in total. The number of likely N-dealkylation sites (tertiary alicyclic amines) is 1. The van der Waals surface area contributed by atoms with Gasteiger partial charge in [-0.2, -0.15) is 13.2 Å². The van der Waals surface area contributed by atoms with Crippen molar-refractivity contribution in [1.29, 1.82) is 0 Å². The van der Waals surface area contributed by atoms with E-state index >= 15 is 0 Å². The lowest BCUT2D eigenvalue weighted by atomic mass is 9.97. The Labute approximate surface area is 138 Å². The summed E-state index contributed by atoms with van der Waals surface area (Å²) in [6.07, 6.45) is -2.10. The summed E-state index contributed by atoms with van der Waals surface area (Å²) in [6, 6.07) is 5.10. The van der Waals surface area contributed by atoms with Crippen molar-refractivity contribution < 1.29 is 27.9 Å². The number of rotatable bonds is 5.